The van der Waals surface area contributed by atoms with Gasteiger partial charge in [-0.1, -0.05) is 48.2 Å². The predicted molar refractivity (Wildman–Crippen MR) is 87.2 cm³/mol. The summed E-state index contributed by atoms with van der Waals surface area (Å²) in [5.74, 6) is 1.30. The van der Waals surface area contributed by atoms with Crippen LogP contribution in [0.4, 0.5) is 0 Å². The second-order valence-corrected chi connectivity index (χ2v) is 5.96. The van der Waals surface area contributed by atoms with E-state index in [0.29, 0.717) is 5.75 Å². The lowest BCUT2D eigenvalue weighted by Gasteiger charge is -2.13. The molecule has 0 aliphatic heterocycles. The Bertz CT molecular complexity index is 754. The van der Waals surface area contributed by atoms with E-state index >= 15 is 0 Å². The molecule has 0 fully saturated rings. The quantitative estimate of drug-likeness (QED) is 0.708. The molecule has 0 spiro atoms. The highest BCUT2D eigenvalue weighted by Crippen LogP contribution is 2.25. The molecule has 1 aromatic heterocycles. The molecule has 6 heteroatoms. The summed E-state index contributed by atoms with van der Waals surface area (Å²) < 4.78 is 7.60. The molecule has 22 heavy (non-hydrogen) atoms. The highest BCUT2D eigenvalue weighted by Gasteiger charge is 2.10. The average molecular weight is 315 g/mol. The molecule has 0 unspecified atom stereocenters. The molecule has 0 amide bonds. The number of nitrogens with zero attached hydrogens (tertiary/aromatic N) is 3. The van der Waals surface area contributed by atoms with Gasteiger partial charge in [-0.05, 0) is 11.5 Å². The number of rotatable bonds is 6. The molecule has 0 saturated heterocycles. The number of aliphatic hydroxyl groups is 1. The fourth-order valence-corrected chi connectivity index (χ4v) is 2.92. The monoisotopic (exact) mass is 315 g/mol. The molecular formula is C16H17N3O2S. The van der Waals surface area contributed by atoms with Crippen molar-refractivity contribution in [2.75, 3.05) is 12.4 Å². The zero-order valence-electron chi connectivity index (χ0n) is 12.2. The van der Waals surface area contributed by atoms with Crippen molar-refractivity contribution in [3.63, 3.8) is 0 Å². The molecule has 0 saturated carbocycles. The average Bonchev–Trinajstić information content (AvgIpc) is 2.96. The molecule has 3 aromatic rings. The Morgan fingerprint density at radius 1 is 1.23 bits per heavy atom. The van der Waals surface area contributed by atoms with Gasteiger partial charge in [0, 0.05) is 18.2 Å². The van der Waals surface area contributed by atoms with E-state index in [1.807, 2.05) is 54.1 Å². The van der Waals surface area contributed by atoms with Crippen LogP contribution >= 0.6 is 11.8 Å². The number of fused-ring (bicyclic) bond motifs is 1. The smallest absolute Gasteiger partial charge is 0.190 e. The Hall–Kier alpha value is -2.05. The summed E-state index contributed by atoms with van der Waals surface area (Å²) in [4.78, 5) is 0. The molecule has 0 bridgehead atoms. The van der Waals surface area contributed by atoms with E-state index in [1.165, 1.54) is 11.8 Å². The lowest BCUT2D eigenvalue weighted by Crippen LogP contribution is -2.20. The standard InChI is InChI=1S/C16H17N3O2S/c1-19-11-17-18-16(19)22-10-13(20)9-21-15-8-4-6-12-5-2-3-7-14(12)15/h2-8,11,13,20H,9-10H2,1H3/t13-/m1/s1. The first kappa shape index (κ1) is 14.9. The molecular weight excluding hydrogens is 298 g/mol. The first-order valence-electron chi connectivity index (χ1n) is 6.99. The first-order valence-corrected chi connectivity index (χ1v) is 7.98. The van der Waals surface area contributed by atoms with Gasteiger partial charge < -0.3 is 14.4 Å². The Labute approximate surface area is 132 Å². The van der Waals surface area contributed by atoms with E-state index in [1.54, 1.807) is 6.33 Å². The zero-order chi connectivity index (χ0) is 15.4. The minimum Gasteiger partial charge on any atom is -0.490 e. The largest absolute Gasteiger partial charge is 0.490 e. The summed E-state index contributed by atoms with van der Waals surface area (Å²) in [7, 11) is 1.88. The maximum atomic E-state index is 10.1. The van der Waals surface area contributed by atoms with Gasteiger partial charge in [-0.15, -0.1) is 10.2 Å². The van der Waals surface area contributed by atoms with Crippen LogP contribution in [0.15, 0.2) is 53.9 Å². The van der Waals surface area contributed by atoms with Crippen molar-refractivity contribution in [1.29, 1.82) is 0 Å². The molecule has 2 aromatic carbocycles. The fraction of sp³-hybridized carbons (Fsp3) is 0.250. The van der Waals surface area contributed by atoms with E-state index in [4.69, 9.17) is 4.74 Å². The summed E-state index contributed by atoms with van der Waals surface area (Å²) in [6.45, 7) is 0.249. The van der Waals surface area contributed by atoms with Crippen LogP contribution in [-0.2, 0) is 7.05 Å². The van der Waals surface area contributed by atoms with Gasteiger partial charge >= 0.3 is 0 Å². The summed E-state index contributed by atoms with van der Waals surface area (Å²) in [5, 5.41) is 20.8. The van der Waals surface area contributed by atoms with Crippen molar-refractivity contribution in [3.8, 4) is 5.75 Å². The number of hydrogen-bond acceptors (Lipinski definition) is 5. The van der Waals surface area contributed by atoms with E-state index < -0.39 is 6.10 Å². The Morgan fingerprint density at radius 2 is 2.05 bits per heavy atom. The van der Waals surface area contributed by atoms with Crippen LogP contribution < -0.4 is 4.74 Å². The number of ether oxygens (including phenoxy) is 1. The van der Waals surface area contributed by atoms with Crippen LogP contribution in [0, 0.1) is 0 Å². The van der Waals surface area contributed by atoms with E-state index in [0.717, 1.165) is 21.7 Å². The zero-order valence-corrected chi connectivity index (χ0v) is 13.0. The van der Waals surface area contributed by atoms with Crippen LogP contribution in [0.5, 0.6) is 5.75 Å². The van der Waals surface area contributed by atoms with Gasteiger partial charge in [0.2, 0.25) is 0 Å². The van der Waals surface area contributed by atoms with E-state index in [-0.39, 0.29) is 6.61 Å². The third kappa shape index (κ3) is 3.40. The maximum absolute atomic E-state index is 10.1. The number of aryl methyl sites for hydroxylation is 1. The van der Waals surface area contributed by atoms with Gasteiger partial charge in [-0.3, -0.25) is 0 Å². The van der Waals surface area contributed by atoms with Crippen LogP contribution in [-0.4, -0.2) is 38.3 Å². The van der Waals surface area contributed by atoms with Crippen molar-refractivity contribution < 1.29 is 9.84 Å². The van der Waals surface area contributed by atoms with Gasteiger partial charge in [0.15, 0.2) is 5.16 Å². The Kier molecular flexibility index (Phi) is 4.60. The van der Waals surface area contributed by atoms with E-state index in [9.17, 15) is 5.11 Å². The number of aromatic nitrogens is 3. The van der Waals surface area contributed by atoms with Gasteiger partial charge in [0.1, 0.15) is 18.7 Å². The normalized spacial score (nSPS) is 12.5. The van der Waals surface area contributed by atoms with Crippen LogP contribution in [0.1, 0.15) is 0 Å². The molecule has 3 rings (SSSR count). The molecule has 5 nitrogen and oxygen atoms in total. The van der Waals surface area contributed by atoms with Crippen molar-refractivity contribution in [3.05, 3.63) is 48.8 Å². The maximum Gasteiger partial charge on any atom is 0.190 e. The van der Waals surface area contributed by atoms with Gasteiger partial charge in [0.25, 0.3) is 0 Å². The molecule has 0 radical (unpaired) electrons. The summed E-state index contributed by atoms with van der Waals surface area (Å²) in [5.41, 5.74) is 0. The highest BCUT2D eigenvalue weighted by atomic mass is 32.2. The Balaban J connectivity index is 1.58. The topological polar surface area (TPSA) is 60.2 Å². The van der Waals surface area contributed by atoms with Crippen molar-refractivity contribution in [2.45, 2.75) is 11.3 Å². The number of aliphatic hydroxyl groups excluding tert-OH is 1. The second-order valence-electron chi connectivity index (χ2n) is 4.98. The van der Waals surface area contributed by atoms with Crippen molar-refractivity contribution >= 4 is 22.5 Å². The molecule has 114 valence electrons. The van der Waals surface area contributed by atoms with Gasteiger partial charge in [-0.2, -0.15) is 0 Å². The van der Waals surface area contributed by atoms with Gasteiger partial charge in [-0.25, -0.2) is 0 Å². The third-order valence-corrected chi connectivity index (χ3v) is 4.43. The summed E-state index contributed by atoms with van der Waals surface area (Å²) in [6, 6.07) is 14.0. The molecule has 1 heterocycles. The fourth-order valence-electron chi connectivity index (χ4n) is 2.13. The lowest BCUT2D eigenvalue weighted by molar-refractivity contribution is 0.127. The van der Waals surface area contributed by atoms with Crippen LogP contribution in [0.3, 0.4) is 0 Å². The van der Waals surface area contributed by atoms with Gasteiger partial charge in [0.05, 0.1) is 6.10 Å². The molecule has 0 aliphatic rings. The molecule has 1 atom stereocenters. The minimum absolute atomic E-state index is 0.249. The first-order chi connectivity index (χ1) is 10.7. The molecule has 1 N–H and O–H groups in total. The third-order valence-electron chi connectivity index (χ3n) is 3.26. The number of hydrogen-bond donors (Lipinski definition) is 1. The van der Waals surface area contributed by atoms with Crippen molar-refractivity contribution in [2.24, 2.45) is 7.05 Å². The molecule has 0 aliphatic carbocycles. The Morgan fingerprint density at radius 3 is 2.86 bits per heavy atom. The van der Waals surface area contributed by atoms with Crippen LogP contribution in [0.2, 0.25) is 0 Å². The minimum atomic E-state index is -0.569. The SMILES string of the molecule is Cn1cnnc1SC[C@H](O)COc1cccc2ccccc12. The van der Waals surface area contributed by atoms with Crippen LogP contribution in [0.25, 0.3) is 10.8 Å². The summed E-state index contributed by atoms with van der Waals surface area (Å²) in [6.07, 6.45) is 1.07. The highest BCUT2D eigenvalue weighted by molar-refractivity contribution is 7.99. The second kappa shape index (κ2) is 6.81. The summed E-state index contributed by atoms with van der Waals surface area (Å²) >= 11 is 1.46. The van der Waals surface area contributed by atoms with E-state index in [2.05, 4.69) is 10.2 Å². The predicted octanol–water partition coefficient (Wildman–Crippen LogP) is 2.50. The lowest BCUT2D eigenvalue weighted by atomic mass is 10.1. The number of benzene rings is 2. The number of thioether (sulfide) groups is 1. The van der Waals surface area contributed by atoms with Crippen molar-refractivity contribution in [1.82, 2.24) is 14.8 Å².